The van der Waals surface area contributed by atoms with Crippen LogP contribution in [0.25, 0.3) is 0 Å². The summed E-state index contributed by atoms with van der Waals surface area (Å²) < 4.78 is 19.5. The summed E-state index contributed by atoms with van der Waals surface area (Å²) in [4.78, 5) is 26.7. The molecule has 1 aromatic carbocycles. The molecule has 1 heterocycles. The van der Waals surface area contributed by atoms with Crippen LogP contribution in [-0.4, -0.2) is 57.1 Å². The van der Waals surface area contributed by atoms with E-state index in [0.29, 0.717) is 19.4 Å². The number of carbonyl (C=O) groups excluding carboxylic acids is 2. The van der Waals surface area contributed by atoms with Crippen LogP contribution in [0, 0.1) is 16.6 Å². The zero-order valence-corrected chi connectivity index (χ0v) is 26.2. The van der Waals surface area contributed by atoms with Crippen molar-refractivity contribution in [2.75, 3.05) is 44.8 Å². The molecule has 1 aliphatic rings. The largest absolute Gasteiger partial charge is 0.459 e. The van der Waals surface area contributed by atoms with Gasteiger partial charge in [-0.05, 0) is 113 Å². The van der Waals surface area contributed by atoms with Gasteiger partial charge in [0.25, 0.3) is 0 Å². The van der Waals surface area contributed by atoms with Gasteiger partial charge in [-0.25, -0.2) is 4.79 Å². The van der Waals surface area contributed by atoms with Crippen molar-refractivity contribution in [1.82, 2.24) is 0 Å². The van der Waals surface area contributed by atoms with E-state index in [4.69, 9.17) is 14.2 Å². The van der Waals surface area contributed by atoms with E-state index >= 15 is 0 Å². The molecule has 186 valence electrons. The third-order valence-electron chi connectivity index (χ3n) is 5.89. The van der Waals surface area contributed by atoms with Gasteiger partial charge in [0.2, 0.25) is 0 Å². The first-order chi connectivity index (χ1) is 15.6. The fraction of sp³-hybridized carbons (Fsp3) is 0.652. The average Bonchev–Trinajstić information content (AvgIpc) is 2.77. The molecule has 1 fully saturated rings. The summed E-state index contributed by atoms with van der Waals surface area (Å²) in [5, 5.41) is 2.92. The molecule has 0 aromatic heterocycles. The van der Waals surface area contributed by atoms with Gasteiger partial charge in [-0.15, -0.1) is 0 Å². The van der Waals surface area contributed by atoms with E-state index in [1.54, 1.807) is 0 Å². The fourth-order valence-electron chi connectivity index (χ4n) is 3.35. The lowest BCUT2D eigenvalue weighted by molar-refractivity contribution is -0.908. The van der Waals surface area contributed by atoms with Crippen molar-refractivity contribution in [3.63, 3.8) is 0 Å². The number of nitrogens with one attached hydrogen (secondary N) is 2. The maximum absolute atomic E-state index is 12.8. The number of amides is 1. The lowest BCUT2D eigenvalue weighted by Gasteiger charge is -2.25. The Morgan fingerprint density at radius 3 is 2.45 bits per heavy atom. The molecular formula is C23H34I3N2O5+. The zero-order valence-electron chi connectivity index (χ0n) is 19.7. The van der Waals surface area contributed by atoms with Gasteiger partial charge >= 0.3 is 12.1 Å². The van der Waals surface area contributed by atoms with E-state index in [-0.39, 0.29) is 11.9 Å². The van der Waals surface area contributed by atoms with Gasteiger partial charge in [0.1, 0.15) is 31.8 Å². The number of morpholine rings is 1. The summed E-state index contributed by atoms with van der Waals surface area (Å²) in [6.07, 6.45) is 1.51. The van der Waals surface area contributed by atoms with Crippen LogP contribution in [0.2, 0.25) is 0 Å². The predicted molar refractivity (Wildman–Crippen MR) is 154 cm³/mol. The molecule has 0 bridgehead atoms. The Kier molecular flexibility index (Phi) is 12.4. The molecule has 33 heavy (non-hydrogen) atoms. The first kappa shape index (κ1) is 29.3. The topological polar surface area (TPSA) is 78.3 Å². The Morgan fingerprint density at radius 2 is 1.85 bits per heavy atom. The molecule has 1 amide bonds. The Balaban J connectivity index is 2.06. The molecule has 2 rings (SSSR count). The number of ether oxygens (including phenoxy) is 3. The number of quaternary nitrogens is 1. The van der Waals surface area contributed by atoms with Crippen LogP contribution in [0.1, 0.15) is 46.1 Å². The number of rotatable bonds is 10. The smallest absolute Gasteiger partial charge is 0.412 e. The van der Waals surface area contributed by atoms with Gasteiger partial charge in [-0.3, -0.25) is 10.1 Å². The lowest BCUT2D eigenvalue weighted by atomic mass is 9.96. The van der Waals surface area contributed by atoms with Crippen LogP contribution in [-0.2, 0) is 25.4 Å². The molecule has 10 heteroatoms. The fourth-order valence-corrected chi connectivity index (χ4v) is 7.43. The second-order valence-corrected chi connectivity index (χ2v) is 12.1. The van der Waals surface area contributed by atoms with E-state index in [9.17, 15) is 9.59 Å². The van der Waals surface area contributed by atoms with Crippen molar-refractivity contribution in [3.05, 3.63) is 22.3 Å². The molecule has 1 aromatic rings. The molecule has 0 radical (unpaired) electrons. The highest BCUT2D eigenvalue weighted by Gasteiger charge is 2.26. The van der Waals surface area contributed by atoms with Crippen molar-refractivity contribution in [2.45, 2.75) is 52.6 Å². The van der Waals surface area contributed by atoms with Crippen molar-refractivity contribution in [2.24, 2.45) is 5.92 Å². The number of hydrogen-bond donors (Lipinski definition) is 2. The Morgan fingerprint density at radius 1 is 1.18 bits per heavy atom. The Labute approximate surface area is 237 Å². The number of carbonyl (C=O) groups is 2. The second-order valence-electron chi connectivity index (χ2n) is 8.72. The molecule has 1 aliphatic heterocycles. The average molecular weight is 799 g/mol. The number of hydrogen-bond acceptors (Lipinski definition) is 5. The van der Waals surface area contributed by atoms with Gasteiger partial charge in [-0.2, -0.15) is 0 Å². The van der Waals surface area contributed by atoms with Crippen molar-refractivity contribution >= 4 is 85.5 Å². The molecule has 1 unspecified atom stereocenters. The lowest BCUT2D eigenvalue weighted by Crippen LogP contribution is -3.14. The molecular weight excluding hydrogens is 765 g/mol. The first-order valence-corrected chi connectivity index (χ1v) is 14.6. The van der Waals surface area contributed by atoms with E-state index < -0.39 is 11.7 Å². The van der Waals surface area contributed by atoms with Gasteiger partial charge < -0.3 is 19.1 Å². The van der Waals surface area contributed by atoms with E-state index in [1.165, 1.54) is 4.90 Å². The number of esters is 1. The van der Waals surface area contributed by atoms with Gasteiger partial charge in [0, 0.05) is 10.7 Å². The molecule has 0 aliphatic carbocycles. The molecule has 0 saturated carbocycles. The van der Waals surface area contributed by atoms with E-state index in [0.717, 1.165) is 61.2 Å². The molecule has 2 N–H and O–H groups in total. The molecule has 1 atom stereocenters. The highest BCUT2D eigenvalue weighted by molar-refractivity contribution is 14.1. The minimum absolute atomic E-state index is 0.158. The van der Waals surface area contributed by atoms with Gasteiger partial charge in [0.05, 0.1) is 24.8 Å². The normalized spacial score (nSPS) is 15.7. The summed E-state index contributed by atoms with van der Waals surface area (Å²) >= 11 is 6.78. The summed E-state index contributed by atoms with van der Waals surface area (Å²) in [5.41, 5.74) is 1.24. The quantitative estimate of drug-likeness (QED) is 0.274. The highest BCUT2D eigenvalue weighted by atomic mass is 127. The monoisotopic (exact) mass is 799 g/mol. The van der Waals surface area contributed by atoms with Crippen LogP contribution in [0.3, 0.4) is 0 Å². The number of halogens is 3. The Hall–Kier alpha value is 0.0700. The van der Waals surface area contributed by atoms with E-state index in [2.05, 4.69) is 73.1 Å². The zero-order chi connectivity index (χ0) is 24.6. The minimum atomic E-state index is -0.535. The minimum Gasteiger partial charge on any atom is -0.459 e. The predicted octanol–water partition coefficient (Wildman–Crippen LogP) is 4.26. The SMILES string of the molecule is CCC(Cc1c(I)cc(I)c(NC(=O)OC(C)(C)CC)c1I)C(=O)OCC[NH+]1CCOCC1. The van der Waals surface area contributed by atoms with Crippen LogP contribution in [0.15, 0.2) is 6.07 Å². The third kappa shape index (κ3) is 9.22. The third-order valence-corrected chi connectivity index (χ3v) is 8.89. The number of benzene rings is 1. The first-order valence-electron chi connectivity index (χ1n) is 11.3. The highest BCUT2D eigenvalue weighted by Crippen LogP contribution is 2.34. The molecule has 7 nitrogen and oxygen atoms in total. The summed E-state index contributed by atoms with van der Waals surface area (Å²) in [6, 6.07) is 2.03. The summed E-state index contributed by atoms with van der Waals surface area (Å²) in [7, 11) is 0. The van der Waals surface area contributed by atoms with Crippen molar-refractivity contribution in [1.29, 1.82) is 0 Å². The maximum atomic E-state index is 12.8. The summed E-state index contributed by atoms with van der Waals surface area (Å²) in [5.74, 6) is -0.389. The van der Waals surface area contributed by atoms with Crippen LogP contribution >= 0.6 is 67.8 Å². The van der Waals surface area contributed by atoms with Crippen molar-refractivity contribution in [3.8, 4) is 0 Å². The second kappa shape index (κ2) is 14.0. The Bertz CT molecular complexity index is 829. The summed E-state index contributed by atoms with van der Waals surface area (Å²) in [6.45, 7) is 12.5. The van der Waals surface area contributed by atoms with Crippen LogP contribution in [0.5, 0.6) is 0 Å². The van der Waals surface area contributed by atoms with Gasteiger partial charge in [0.15, 0.2) is 0 Å². The van der Waals surface area contributed by atoms with Crippen molar-refractivity contribution < 1.29 is 28.7 Å². The van der Waals surface area contributed by atoms with Crippen LogP contribution < -0.4 is 10.2 Å². The van der Waals surface area contributed by atoms with Gasteiger partial charge in [-0.1, -0.05) is 13.8 Å². The maximum Gasteiger partial charge on any atom is 0.412 e. The van der Waals surface area contributed by atoms with E-state index in [1.807, 2.05) is 33.8 Å². The molecule has 0 spiro atoms. The molecule has 1 saturated heterocycles. The standard InChI is InChI=1S/C23H33I3N2O5/c1-5-15(21(29)32-12-9-28-7-10-31-11-8-28)13-16-17(24)14-18(25)20(19(16)26)27-22(30)33-23(3,4)6-2/h14-15H,5-13H2,1-4H3,(H,27,30)/p+1. The number of anilines is 1. The van der Waals surface area contributed by atoms with Crippen LogP contribution in [0.4, 0.5) is 10.5 Å².